The molecule has 0 radical (unpaired) electrons. The molecule has 4 nitrogen and oxygen atoms in total. The Morgan fingerprint density at radius 2 is 1.86 bits per heavy atom. The molecule has 1 amide bonds. The van der Waals surface area contributed by atoms with Crippen molar-refractivity contribution in [3.63, 3.8) is 0 Å². The van der Waals surface area contributed by atoms with E-state index in [4.69, 9.17) is 4.74 Å². The molecule has 0 atom stereocenters. The third-order valence-electron chi connectivity index (χ3n) is 3.82. The quantitative estimate of drug-likeness (QED) is 0.865. The minimum atomic E-state index is -0.477. The van der Waals surface area contributed by atoms with E-state index in [1.54, 1.807) is 0 Å². The fourth-order valence-corrected chi connectivity index (χ4v) is 2.67. The zero-order valence-corrected chi connectivity index (χ0v) is 14.1. The highest BCUT2D eigenvalue weighted by Gasteiger charge is 2.24. The predicted octanol–water partition coefficient (Wildman–Crippen LogP) is 3.96. The number of nitrogens with one attached hydrogen (secondary N) is 2. The van der Waals surface area contributed by atoms with Gasteiger partial charge in [0.25, 0.3) is 0 Å². The maximum Gasteiger partial charge on any atom is 0.412 e. The highest BCUT2D eigenvalue weighted by atomic mass is 16.6. The summed E-state index contributed by atoms with van der Waals surface area (Å²) in [6.45, 7) is 8.87. The monoisotopic (exact) mass is 304 g/mol. The van der Waals surface area contributed by atoms with Gasteiger partial charge in [-0.3, -0.25) is 5.32 Å². The van der Waals surface area contributed by atoms with E-state index in [0.29, 0.717) is 6.04 Å². The zero-order valence-electron chi connectivity index (χ0n) is 14.1. The van der Waals surface area contributed by atoms with Gasteiger partial charge in [0.15, 0.2) is 0 Å². The van der Waals surface area contributed by atoms with E-state index in [1.165, 1.54) is 18.4 Å². The van der Waals surface area contributed by atoms with Gasteiger partial charge >= 0.3 is 6.09 Å². The van der Waals surface area contributed by atoms with Crippen LogP contribution in [0.5, 0.6) is 0 Å². The molecule has 2 rings (SSSR count). The van der Waals surface area contributed by atoms with Gasteiger partial charge in [0.2, 0.25) is 0 Å². The molecule has 1 saturated carbocycles. The number of hydrogen-bond acceptors (Lipinski definition) is 3. The molecule has 122 valence electrons. The first-order valence-electron chi connectivity index (χ1n) is 8.14. The molecule has 0 heterocycles. The van der Waals surface area contributed by atoms with E-state index in [-0.39, 0.29) is 0 Å². The second-order valence-electron chi connectivity index (χ2n) is 7.30. The molecule has 1 aromatic carbocycles. The van der Waals surface area contributed by atoms with Crippen LogP contribution in [0.1, 0.15) is 46.1 Å². The molecule has 22 heavy (non-hydrogen) atoms. The van der Waals surface area contributed by atoms with Crippen molar-refractivity contribution in [3.05, 3.63) is 29.8 Å². The molecular weight excluding hydrogens is 276 g/mol. The number of carbonyl (C=O) groups excluding carboxylic acids is 1. The summed E-state index contributed by atoms with van der Waals surface area (Å²) in [7, 11) is 0. The molecule has 1 aromatic rings. The molecule has 0 bridgehead atoms. The van der Waals surface area contributed by atoms with Crippen LogP contribution in [-0.4, -0.2) is 24.3 Å². The van der Waals surface area contributed by atoms with Gasteiger partial charge in [-0.1, -0.05) is 19.1 Å². The molecular formula is C18H28N2O2. The SMILES string of the molecule is CC1CC(NCCc2ccc(NC(=O)OC(C)(C)C)cc2)C1. The minimum Gasteiger partial charge on any atom is -0.444 e. The number of benzene rings is 1. The standard InChI is InChI=1S/C18H28N2O2/c1-13-11-16(12-13)19-10-9-14-5-7-15(8-6-14)20-17(21)22-18(2,3)4/h5-8,13,16,19H,9-12H2,1-4H3,(H,20,21). The van der Waals surface area contributed by atoms with Gasteiger partial charge in [-0.2, -0.15) is 0 Å². The van der Waals surface area contributed by atoms with Gasteiger partial charge in [0.1, 0.15) is 5.60 Å². The van der Waals surface area contributed by atoms with Crippen LogP contribution in [0.25, 0.3) is 0 Å². The number of anilines is 1. The maximum absolute atomic E-state index is 11.7. The van der Waals surface area contributed by atoms with Crippen molar-refractivity contribution in [1.29, 1.82) is 0 Å². The lowest BCUT2D eigenvalue weighted by Gasteiger charge is -2.33. The molecule has 4 heteroatoms. The van der Waals surface area contributed by atoms with Gasteiger partial charge in [-0.25, -0.2) is 4.79 Å². The Labute approximate surface area is 133 Å². The first kappa shape index (κ1) is 16.8. The summed E-state index contributed by atoms with van der Waals surface area (Å²) >= 11 is 0. The van der Waals surface area contributed by atoms with E-state index in [0.717, 1.165) is 24.6 Å². The van der Waals surface area contributed by atoms with Crippen molar-refractivity contribution in [2.45, 2.75) is 58.6 Å². The van der Waals surface area contributed by atoms with E-state index in [2.05, 4.69) is 29.7 Å². The fourth-order valence-electron chi connectivity index (χ4n) is 2.67. The summed E-state index contributed by atoms with van der Waals surface area (Å²) in [6.07, 6.45) is 3.20. The Hall–Kier alpha value is -1.55. The Morgan fingerprint density at radius 3 is 2.41 bits per heavy atom. The average Bonchev–Trinajstić information content (AvgIpc) is 2.36. The minimum absolute atomic E-state index is 0.416. The van der Waals surface area contributed by atoms with Gasteiger partial charge in [-0.05, 0) is 70.2 Å². The van der Waals surface area contributed by atoms with E-state index >= 15 is 0 Å². The molecule has 0 spiro atoms. The van der Waals surface area contributed by atoms with Gasteiger partial charge in [0, 0.05) is 11.7 Å². The van der Waals surface area contributed by atoms with Gasteiger partial charge in [0.05, 0.1) is 0 Å². The highest BCUT2D eigenvalue weighted by Crippen LogP contribution is 2.26. The van der Waals surface area contributed by atoms with Crippen LogP contribution in [-0.2, 0) is 11.2 Å². The lowest BCUT2D eigenvalue weighted by molar-refractivity contribution is 0.0636. The van der Waals surface area contributed by atoms with Crippen molar-refractivity contribution in [2.24, 2.45) is 5.92 Å². The molecule has 1 aliphatic carbocycles. The summed E-state index contributed by atoms with van der Waals surface area (Å²) in [6, 6.07) is 8.66. The third kappa shape index (κ3) is 5.68. The van der Waals surface area contributed by atoms with Crippen molar-refractivity contribution in [1.82, 2.24) is 5.32 Å². The van der Waals surface area contributed by atoms with Crippen LogP contribution >= 0.6 is 0 Å². The Morgan fingerprint density at radius 1 is 1.23 bits per heavy atom. The van der Waals surface area contributed by atoms with Crippen LogP contribution in [0.3, 0.4) is 0 Å². The van der Waals surface area contributed by atoms with Crippen LogP contribution in [0, 0.1) is 5.92 Å². The number of amides is 1. The first-order chi connectivity index (χ1) is 10.3. The fraction of sp³-hybridized carbons (Fsp3) is 0.611. The number of rotatable bonds is 5. The second-order valence-corrected chi connectivity index (χ2v) is 7.30. The normalized spacial score (nSPS) is 21.1. The molecule has 0 aliphatic heterocycles. The topological polar surface area (TPSA) is 50.4 Å². The lowest BCUT2D eigenvalue weighted by atomic mass is 9.82. The molecule has 0 unspecified atom stereocenters. The first-order valence-corrected chi connectivity index (χ1v) is 8.14. The third-order valence-corrected chi connectivity index (χ3v) is 3.82. The number of hydrogen-bond donors (Lipinski definition) is 2. The largest absolute Gasteiger partial charge is 0.444 e. The van der Waals surface area contributed by atoms with E-state index in [9.17, 15) is 4.79 Å². The Kier molecular flexibility index (Phi) is 5.46. The maximum atomic E-state index is 11.7. The van der Waals surface area contributed by atoms with Crippen molar-refractivity contribution in [2.75, 3.05) is 11.9 Å². The van der Waals surface area contributed by atoms with Crippen LogP contribution in [0.4, 0.5) is 10.5 Å². The molecule has 0 aromatic heterocycles. The summed E-state index contributed by atoms with van der Waals surface area (Å²) < 4.78 is 5.23. The summed E-state index contributed by atoms with van der Waals surface area (Å²) in [4.78, 5) is 11.7. The van der Waals surface area contributed by atoms with Gasteiger partial charge < -0.3 is 10.1 Å². The number of carbonyl (C=O) groups is 1. The zero-order chi connectivity index (χ0) is 16.2. The smallest absolute Gasteiger partial charge is 0.412 e. The summed E-state index contributed by atoms with van der Waals surface area (Å²) in [5, 5.41) is 6.33. The van der Waals surface area contributed by atoms with Crippen LogP contribution in [0.2, 0.25) is 0 Å². The average molecular weight is 304 g/mol. The van der Waals surface area contributed by atoms with E-state index in [1.807, 2.05) is 32.9 Å². The van der Waals surface area contributed by atoms with Crippen LogP contribution in [0.15, 0.2) is 24.3 Å². The summed E-state index contributed by atoms with van der Waals surface area (Å²) in [5.74, 6) is 0.885. The second kappa shape index (κ2) is 7.14. The lowest BCUT2D eigenvalue weighted by Crippen LogP contribution is -2.40. The molecule has 2 N–H and O–H groups in total. The molecule has 0 saturated heterocycles. The highest BCUT2D eigenvalue weighted by molar-refractivity contribution is 5.84. The van der Waals surface area contributed by atoms with Crippen molar-refractivity contribution in [3.8, 4) is 0 Å². The molecule has 1 fully saturated rings. The van der Waals surface area contributed by atoms with Crippen molar-refractivity contribution >= 4 is 11.8 Å². The summed E-state index contributed by atoms with van der Waals surface area (Å²) in [5.41, 5.74) is 1.56. The van der Waals surface area contributed by atoms with Gasteiger partial charge in [-0.15, -0.1) is 0 Å². The predicted molar refractivity (Wildman–Crippen MR) is 90.2 cm³/mol. The Balaban J connectivity index is 1.72. The van der Waals surface area contributed by atoms with Crippen molar-refractivity contribution < 1.29 is 9.53 Å². The Bertz CT molecular complexity index is 485. The van der Waals surface area contributed by atoms with Crippen LogP contribution < -0.4 is 10.6 Å². The molecule has 1 aliphatic rings. The number of ether oxygens (including phenoxy) is 1. The van der Waals surface area contributed by atoms with E-state index < -0.39 is 11.7 Å².